The Balaban J connectivity index is 0.000000560. The molecule has 0 spiro atoms. The van der Waals surface area contributed by atoms with Crippen LogP contribution in [-0.4, -0.2) is 40.7 Å². The molecule has 2 unspecified atom stereocenters. The van der Waals surface area contributed by atoms with Crippen LogP contribution in [-0.2, 0) is 40.0 Å². The Morgan fingerprint density at radius 1 is 0.446 bits per heavy atom. The number of unbranched alkanes of at least 4 members (excludes halogenated alkanes) is 6. The van der Waals surface area contributed by atoms with Gasteiger partial charge in [-0.25, -0.2) is 0 Å². The van der Waals surface area contributed by atoms with Gasteiger partial charge in [-0.05, 0) is 180 Å². The number of benzene rings is 4. The van der Waals surface area contributed by atoms with E-state index in [1.807, 2.05) is 98.7 Å². The van der Waals surface area contributed by atoms with Gasteiger partial charge in [0.1, 0.15) is 18.1 Å². The third-order valence-corrected chi connectivity index (χ3v) is 20.1. The van der Waals surface area contributed by atoms with Crippen molar-refractivity contribution in [1.82, 2.24) is 0 Å². The summed E-state index contributed by atoms with van der Waals surface area (Å²) in [6.45, 7) is 40.0. The molecule has 0 heterocycles. The number of esters is 3. The van der Waals surface area contributed by atoms with Crippen LogP contribution in [0.25, 0.3) is 0 Å². The summed E-state index contributed by atoms with van der Waals surface area (Å²) < 4.78 is 27.5. The predicted molar refractivity (Wildman–Crippen MR) is 355 cm³/mol. The van der Waals surface area contributed by atoms with E-state index in [0.29, 0.717) is 35.9 Å². The first-order valence-electron chi connectivity index (χ1n) is 32.2. The van der Waals surface area contributed by atoms with E-state index in [4.69, 9.17) is 23.1 Å². The maximum atomic E-state index is 12.2. The molecular formula is C74H120O8Si. The maximum absolute atomic E-state index is 12.2. The Labute approximate surface area is 510 Å². The van der Waals surface area contributed by atoms with Crippen LogP contribution in [0.2, 0.25) is 6.55 Å². The summed E-state index contributed by atoms with van der Waals surface area (Å²) in [7, 11) is 1.30. The molecule has 0 saturated carbocycles. The number of ether oxygens (including phenoxy) is 3. The first-order chi connectivity index (χ1) is 39.1. The highest BCUT2D eigenvalue weighted by atomic mass is 28.4. The van der Waals surface area contributed by atoms with Crippen molar-refractivity contribution in [1.29, 1.82) is 0 Å². The van der Waals surface area contributed by atoms with Crippen LogP contribution in [0, 0.1) is 16.2 Å². The monoisotopic (exact) mass is 1160 g/mol. The molecule has 0 N–H and O–H groups in total. The van der Waals surface area contributed by atoms with Crippen LogP contribution in [0.1, 0.15) is 286 Å². The van der Waals surface area contributed by atoms with Gasteiger partial charge in [-0.3, -0.25) is 14.4 Å². The maximum Gasteiger partial charge on any atom is 0.368 e. The number of carbonyl (C=O) groups is 3. The molecule has 0 aliphatic carbocycles. The number of hydrogen-bond acceptors (Lipinski definition) is 8. The lowest BCUT2D eigenvalue weighted by atomic mass is 9.87. The lowest BCUT2D eigenvalue weighted by Gasteiger charge is -2.23. The van der Waals surface area contributed by atoms with Crippen LogP contribution >= 0.6 is 0 Å². The predicted octanol–water partition coefficient (Wildman–Crippen LogP) is 21.0. The first kappa shape index (κ1) is 76.4. The van der Waals surface area contributed by atoms with Crippen molar-refractivity contribution >= 4 is 31.7 Å². The van der Waals surface area contributed by atoms with Crippen molar-refractivity contribution in [2.75, 3.05) is 14.2 Å². The fourth-order valence-corrected chi connectivity index (χ4v) is 10.3. The second kappa shape index (κ2) is 39.2. The second-order valence-electron chi connectivity index (χ2n) is 26.1. The molecule has 4 aromatic rings. The van der Waals surface area contributed by atoms with E-state index >= 15 is 0 Å². The van der Waals surface area contributed by atoms with E-state index in [1.165, 1.54) is 124 Å². The van der Waals surface area contributed by atoms with E-state index < -0.39 is 24.8 Å². The van der Waals surface area contributed by atoms with E-state index in [1.54, 1.807) is 14.2 Å². The summed E-state index contributed by atoms with van der Waals surface area (Å²) in [5, 5.41) is 1.18. The molecule has 0 radical (unpaired) electrons. The summed E-state index contributed by atoms with van der Waals surface area (Å²) >= 11 is 0. The van der Waals surface area contributed by atoms with Gasteiger partial charge in [0.25, 0.3) is 0 Å². The standard InChI is InChI=1S/C23H38O2.C21H34O2.C17H26O2.C13H22O2Si/c1-6-9-11-13-19(14-12-10-7-2)20-15-17-21(18-16-20)25-22(24)23(4,5)8-3;1-6-9-10-12-17(11-7-2)18-13-15-19(16-14-18)23-20(22)21(4,5)8-3;1-7-17(5,6)15(18)19-12-13-8-10-14(11-9-13)16(2,3)4;1-6-11(2)12-7-9-13(10-8-12)16(5,14-3)15-4/h15-19H,6-14H2,1-5H3;13-17H,6-12H2,1-5H3;8-11H,7,12H2,1-6H3;7-11H,6H2,1-5H3. The summed E-state index contributed by atoms with van der Waals surface area (Å²) in [4.78, 5) is 36.2. The van der Waals surface area contributed by atoms with Crippen LogP contribution in [0.15, 0.2) is 97.1 Å². The number of hydrogen-bond donors (Lipinski definition) is 0. The van der Waals surface area contributed by atoms with Crippen molar-refractivity contribution in [3.63, 3.8) is 0 Å². The zero-order valence-corrected chi connectivity index (χ0v) is 57.7. The van der Waals surface area contributed by atoms with Crippen molar-refractivity contribution < 1.29 is 37.4 Å². The molecule has 4 rings (SSSR count). The van der Waals surface area contributed by atoms with Crippen molar-refractivity contribution in [2.24, 2.45) is 16.2 Å². The van der Waals surface area contributed by atoms with Crippen molar-refractivity contribution in [3.05, 3.63) is 125 Å². The average Bonchev–Trinajstić information content (AvgIpc) is 3.49. The molecule has 9 heteroatoms. The van der Waals surface area contributed by atoms with Gasteiger partial charge in [-0.15, -0.1) is 0 Å². The normalized spacial score (nSPS) is 12.6. The third kappa shape index (κ3) is 28.0. The van der Waals surface area contributed by atoms with Gasteiger partial charge in [0.05, 0.1) is 16.2 Å². The Kier molecular flexibility index (Phi) is 36.1. The van der Waals surface area contributed by atoms with Crippen LogP contribution < -0.4 is 14.7 Å². The molecule has 468 valence electrons. The molecular weight excluding hydrogens is 1040 g/mol. The van der Waals surface area contributed by atoms with Gasteiger partial charge in [-0.1, -0.05) is 220 Å². The van der Waals surface area contributed by atoms with Gasteiger partial charge in [0.2, 0.25) is 0 Å². The lowest BCUT2D eigenvalue weighted by Crippen LogP contribution is -2.49. The Bertz CT molecular complexity index is 2350. The molecule has 0 amide bonds. The summed E-state index contributed by atoms with van der Waals surface area (Å²) in [6, 6.07) is 33.3. The fourth-order valence-electron chi connectivity index (χ4n) is 8.88. The highest BCUT2D eigenvalue weighted by Crippen LogP contribution is 2.33. The zero-order valence-electron chi connectivity index (χ0n) is 56.7. The molecule has 2 atom stereocenters. The van der Waals surface area contributed by atoms with Gasteiger partial charge >= 0.3 is 26.5 Å². The molecule has 4 aromatic carbocycles. The van der Waals surface area contributed by atoms with Crippen LogP contribution in [0.3, 0.4) is 0 Å². The molecule has 0 fully saturated rings. The molecule has 0 aliphatic rings. The molecule has 0 aromatic heterocycles. The minimum Gasteiger partial charge on any atom is -0.460 e. The van der Waals surface area contributed by atoms with Gasteiger partial charge in [0, 0.05) is 14.2 Å². The van der Waals surface area contributed by atoms with Crippen LogP contribution in [0.5, 0.6) is 11.5 Å². The number of carbonyl (C=O) groups excluding carboxylic acids is 3. The minimum atomic E-state index is -2.14. The minimum absolute atomic E-state index is 0.130. The second-order valence-corrected chi connectivity index (χ2v) is 29.4. The Hall–Kier alpha value is -4.57. The van der Waals surface area contributed by atoms with Crippen LogP contribution in [0.4, 0.5) is 0 Å². The van der Waals surface area contributed by atoms with Gasteiger partial charge in [-0.2, -0.15) is 0 Å². The molecule has 0 aliphatic heterocycles. The zero-order chi connectivity index (χ0) is 62.9. The molecule has 8 nitrogen and oxygen atoms in total. The van der Waals surface area contributed by atoms with E-state index in [2.05, 4.69) is 130 Å². The highest BCUT2D eigenvalue weighted by molar-refractivity contribution is 6.79. The van der Waals surface area contributed by atoms with E-state index in [-0.39, 0.29) is 23.3 Å². The first-order valence-corrected chi connectivity index (χ1v) is 34.6. The Morgan fingerprint density at radius 3 is 1.13 bits per heavy atom. The lowest BCUT2D eigenvalue weighted by molar-refractivity contribution is -0.155. The summed E-state index contributed by atoms with van der Waals surface area (Å²) in [5.41, 5.74) is 5.37. The largest absolute Gasteiger partial charge is 0.460 e. The quantitative estimate of drug-likeness (QED) is 0.0213. The van der Waals surface area contributed by atoms with E-state index in [9.17, 15) is 14.4 Å². The van der Waals surface area contributed by atoms with Gasteiger partial charge < -0.3 is 23.1 Å². The van der Waals surface area contributed by atoms with E-state index in [0.717, 1.165) is 24.8 Å². The van der Waals surface area contributed by atoms with Gasteiger partial charge in [0.15, 0.2) is 0 Å². The average molecular weight is 1170 g/mol. The fraction of sp³-hybridized carbons (Fsp3) is 0.635. The van der Waals surface area contributed by atoms with Crippen molar-refractivity contribution in [3.8, 4) is 11.5 Å². The molecule has 0 saturated heterocycles. The third-order valence-electron chi connectivity index (χ3n) is 17.1. The highest BCUT2D eigenvalue weighted by Gasteiger charge is 2.32. The summed E-state index contributed by atoms with van der Waals surface area (Å²) in [6.07, 6.45) is 21.4. The Morgan fingerprint density at radius 2 is 0.807 bits per heavy atom. The molecule has 83 heavy (non-hydrogen) atoms. The topological polar surface area (TPSA) is 97.4 Å². The SMILES string of the molecule is CCC(C)(C)C(=O)OCc1ccc(C(C)(C)C)cc1.CCC(C)c1ccc([Si](C)(OC)OC)cc1.CCCCCC(CCC)c1ccc(OC(=O)C(C)(C)CC)cc1.CCCCCC(CCCCC)c1ccc(OC(=O)C(C)(C)CC)cc1. The smallest absolute Gasteiger partial charge is 0.368 e. The molecule has 0 bridgehead atoms. The van der Waals surface area contributed by atoms with Crippen molar-refractivity contribution in [2.45, 2.75) is 277 Å². The number of rotatable bonds is 31. The summed E-state index contributed by atoms with van der Waals surface area (Å²) in [5.74, 6) is 2.77.